The van der Waals surface area contributed by atoms with E-state index in [9.17, 15) is 4.39 Å². The van der Waals surface area contributed by atoms with Gasteiger partial charge in [0, 0.05) is 22.9 Å². The minimum Gasteiger partial charge on any atom is -0.398 e. The Labute approximate surface area is 93.0 Å². The Bertz CT molecular complexity index is 339. The molecule has 0 amide bonds. The molecule has 1 aliphatic heterocycles. The maximum absolute atomic E-state index is 12.9. The maximum Gasteiger partial charge on any atom is 0.124 e. The van der Waals surface area contributed by atoms with E-state index < -0.39 is 0 Å². The lowest BCUT2D eigenvalue weighted by Gasteiger charge is -2.10. The van der Waals surface area contributed by atoms with E-state index in [0.717, 1.165) is 30.1 Å². The lowest BCUT2D eigenvalue weighted by atomic mass is 10.3. The van der Waals surface area contributed by atoms with E-state index in [1.807, 2.05) is 0 Å². The van der Waals surface area contributed by atoms with Crippen LogP contribution in [0, 0.1) is 5.82 Å². The second-order valence-corrected chi connectivity index (χ2v) is 4.69. The van der Waals surface area contributed by atoms with Crippen molar-refractivity contribution in [2.45, 2.75) is 23.8 Å². The number of halogens is 1. The molecular weight excluding hydrogens is 213 g/mol. The van der Waals surface area contributed by atoms with E-state index in [4.69, 9.17) is 10.5 Å². The molecule has 0 aliphatic carbocycles. The minimum absolute atomic E-state index is 0.237. The predicted octanol–water partition coefficient (Wildman–Crippen LogP) is 2.68. The Morgan fingerprint density at radius 1 is 1.53 bits per heavy atom. The van der Waals surface area contributed by atoms with E-state index in [-0.39, 0.29) is 5.82 Å². The molecule has 1 heterocycles. The Hall–Kier alpha value is -0.740. The highest BCUT2D eigenvalue weighted by molar-refractivity contribution is 7.99. The molecule has 15 heavy (non-hydrogen) atoms. The first-order chi connectivity index (χ1) is 7.25. The number of nitrogen functional groups attached to an aromatic ring is 1. The van der Waals surface area contributed by atoms with Gasteiger partial charge in [-0.05, 0) is 31.0 Å². The average Bonchev–Trinajstić information content (AvgIpc) is 2.72. The third-order valence-corrected chi connectivity index (χ3v) is 3.63. The molecule has 82 valence electrons. The summed E-state index contributed by atoms with van der Waals surface area (Å²) in [7, 11) is 0. The summed E-state index contributed by atoms with van der Waals surface area (Å²) < 4.78 is 18.4. The summed E-state index contributed by atoms with van der Waals surface area (Å²) in [6, 6.07) is 4.47. The molecule has 1 saturated heterocycles. The zero-order valence-electron chi connectivity index (χ0n) is 8.41. The van der Waals surface area contributed by atoms with Crippen LogP contribution in [0.4, 0.5) is 10.1 Å². The molecular formula is C11H14FNOS. The zero-order valence-corrected chi connectivity index (χ0v) is 9.23. The smallest absolute Gasteiger partial charge is 0.124 e. The summed E-state index contributed by atoms with van der Waals surface area (Å²) >= 11 is 1.57. The summed E-state index contributed by atoms with van der Waals surface area (Å²) in [6.07, 6.45) is 2.53. The highest BCUT2D eigenvalue weighted by Gasteiger charge is 2.16. The van der Waals surface area contributed by atoms with Gasteiger partial charge in [-0.2, -0.15) is 0 Å². The van der Waals surface area contributed by atoms with Gasteiger partial charge in [-0.15, -0.1) is 11.8 Å². The Balaban J connectivity index is 1.94. The van der Waals surface area contributed by atoms with E-state index in [1.165, 1.54) is 12.1 Å². The first-order valence-corrected chi connectivity index (χ1v) is 6.03. The first-order valence-electron chi connectivity index (χ1n) is 5.05. The number of ether oxygens (including phenoxy) is 1. The average molecular weight is 227 g/mol. The Kier molecular flexibility index (Phi) is 3.49. The lowest BCUT2D eigenvalue weighted by molar-refractivity contribution is 0.129. The topological polar surface area (TPSA) is 35.2 Å². The SMILES string of the molecule is Nc1ccc(F)cc1SCC1CCCO1. The van der Waals surface area contributed by atoms with Crippen LogP contribution < -0.4 is 5.73 Å². The summed E-state index contributed by atoms with van der Waals surface area (Å²) in [4.78, 5) is 0.811. The monoisotopic (exact) mass is 227 g/mol. The molecule has 2 N–H and O–H groups in total. The van der Waals surface area contributed by atoms with Gasteiger partial charge in [0.1, 0.15) is 5.82 Å². The van der Waals surface area contributed by atoms with Crippen molar-refractivity contribution in [2.24, 2.45) is 0 Å². The van der Waals surface area contributed by atoms with Crippen LogP contribution in [0.2, 0.25) is 0 Å². The van der Waals surface area contributed by atoms with Gasteiger partial charge >= 0.3 is 0 Å². The quantitative estimate of drug-likeness (QED) is 0.637. The van der Waals surface area contributed by atoms with Crippen LogP contribution in [0.25, 0.3) is 0 Å². The van der Waals surface area contributed by atoms with Crippen molar-refractivity contribution in [3.05, 3.63) is 24.0 Å². The van der Waals surface area contributed by atoms with Gasteiger partial charge in [0.15, 0.2) is 0 Å². The number of thioether (sulfide) groups is 1. The molecule has 1 aromatic carbocycles. The molecule has 0 radical (unpaired) electrons. The van der Waals surface area contributed by atoms with Crippen molar-refractivity contribution >= 4 is 17.4 Å². The van der Waals surface area contributed by atoms with E-state index in [1.54, 1.807) is 17.8 Å². The van der Waals surface area contributed by atoms with Crippen LogP contribution >= 0.6 is 11.8 Å². The van der Waals surface area contributed by atoms with E-state index in [0.29, 0.717) is 11.8 Å². The molecule has 2 rings (SSSR count). The maximum atomic E-state index is 12.9. The largest absolute Gasteiger partial charge is 0.398 e. The molecule has 1 fully saturated rings. The third-order valence-electron chi connectivity index (χ3n) is 2.42. The van der Waals surface area contributed by atoms with Crippen molar-refractivity contribution in [1.82, 2.24) is 0 Å². The predicted molar refractivity (Wildman–Crippen MR) is 60.5 cm³/mol. The molecule has 1 aliphatic rings. The third kappa shape index (κ3) is 2.86. The molecule has 1 atom stereocenters. The molecule has 0 saturated carbocycles. The van der Waals surface area contributed by atoms with E-state index in [2.05, 4.69) is 0 Å². The van der Waals surface area contributed by atoms with Crippen LogP contribution in [0.1, 0.15) is 12.8 Å². The van der Waals surface area contributed by atoms with Crippen molar-refractivity contribution in [2.75, 3.05) is 18.1 Å². The number of benzene rings is 1. The number of rotatable bonds is 3. The van der Waals surface area contributed by atoms with Gasteiger partial charge in [-0.1, -0.05) is 0 Å². The minimum atomic E-state index is -0.237. The highest BCUT2D eigenvalue weighted by Crippen LogP contribution is 2.28. The van der Waals surface area contributed by atoms with Crippen molar-refractivity contribution in [3.63, 3.8) is 0 Å². The van der Waals surface area contributed by atoms with E-state index >= 15 is 0 Å². The van der Waals surface area contributed by atoms with Gasteiger partial charge in [0.25, 0.3) is 0 Å². The van der Waals surface area contributed by atoms with Crippen LogP contribution in [-0.4, -0.2) is 18.5 Å². The van der Waals surface area contributed by atoms with Gasteiger partial charge in [0.05, 0.1) is 6.10 Å². The summed E-state index contributed by atoms with van der Waals surface area (Å²) in [5, 5.41) is 0. The van der Waals surface area contributed by atoms with Gasteiger partial charge in [0.2, 0.25) is 0 Å². The van der Waals surface area contributed by atoms with Crippen LogP contribution in [0.3, 0.4) is 0 Å². The van der Waals surface area contributed by atoms with Crippen LogP contribution in [-0.2, 0) is 4.74 Å². The van der Waals surface area contributed by atoms with Gasteiger partial charge in [-0.3, -0.25) is 0 Å². The fraction of sp³-hybridized carbons (Fsp3) is 0.455. The van der Waals surface area contributed by atoms with Gasteiger partial charge in [-0.25, -0.2) is 4.39 Å². The van der Waals surface area contributed by atoms with Gasteiger partial charge < -0.3 is 10.5 Å². The fourth-order valence-corrected chi connectivity index (χ4v) is 2.65. The number of anilines is 1. The summed E-state index contributed by atoms with van der Waals surface area (Å²) in [5.74, 6) is 0.618. The number of hydrogen-bond donors (Lipinski definition) is 1. The van der Waals surface area contributed by atoms with Crippen LogP contribution in [0.15, 0.2) is 23.1 Å². The van der Waals surface area contributed by atoms with Crippen LogP contribution in [0.5, 0.6) is 0 Å². The molecule has 0 bridgehead atoms. The van der Waals surface area contributed by atoms with Crippen molar-refractivity contribution in [1.29, 1.82) is 0 Å². The van der Waals surface area contributed by atoms with Crippen molar-refractivity contribution < 1.29 is 9.13 Å². The second-order valence-electron chi connectivity index (χ2n) is 3.63. The number of nitrogens with two attached hydrogens (primary N) is 1. The normalized spacial score (nSPS) is 20.7. The first kappa shape index (κ1) is 10.8. The van der Waals surface area contributed by atoms with Crippen molar-refractivity contribution in [3.8, 4) is 0 Å². The fourth-order valence-electron chi connectivity index (χ4n) is 1.59. The molecule has 0 spiro atoms. The number of hydrogen-bond acceptors (Lipinski definition) is 3. The standard InChI is InChI=1S/C11H14FNOS/c12-8-3-4-10(13)11(6-8)15-7-9-2-1-5-14-9/h3-4,6,9H,1-2,5,7,13H2. The lowest BCUT2D eigenvalue weighted by Crippen LogP contribution is -2.08. The highest BCUT2D eigenvalue weighted by atomic mass is 32.2. The summed E-state index contributed by atoms with van der Waals surface area (Å²) in [5.41, 5.74) is 6.38. The Morgan fingerprint density at radius 2 is 2.40 bits per heavy atom. The molecule has 4 heteroatoms. The molecule has 0 aromatic heterocycles. The molecule has 1 unspecified atom stereocenters. The Morgan fingerprint density at radius 3 is 3.13 bits per heavy atom. The molecule has 2 nitrogen and oxygen atoms in total. The molecule has 1 aromatic rings. The zero-order chi connectivity index (χ0) is 10.7. The summed E-state index contributed by atoms with van der Waals surface area (Å²) in [6.45, 7) is 0.851. The second kappa shape index (κ2) is 4.86.